The van der Waals surface area contributed by atoms with Crippen LogP contribution in [-0.2, 0) is 11.2 Å². The highest BCUT2D eigenvalue weighted by atomic mass is 79.9. The Morgan fingerprint density at radius 3 is 2.81 bits per heavy atom. The SMILES string of the molecule is O=C(CCCc1ccc(Br)s1)Nc1cncc(C(=O)O)c1. The molecule has 0 aliphatic rings. The first-order valence-corrected chi connectivity index (χ1v) is 7.88. The number of carbonyl (C=O) groups excluding carboxylic acids is 1. The average Bonchev–Trinajstić information content (AvgIpc) is 2.84. The van der Waals surface area contributed by atoms with Crippen LogP contribution >= 0.6 is 27.3 Å². The number of hydrogen-bond donors (Lipinski definition) is 2. The van der Waals surface area contributed by atoms with Crippen molar-refractivity contribution in [2.24, 2.45) is 0 Å². The Hall–Kier alpha value is -1.73. The van der Waals surface area contributed by atoms with E-state index in [-0.39, 0.29) is 11.5 Å². The molecule has 0 aromatic carbocycles. The Morgan fingerprint density at radius 2 is 2.14 bits per heavy atom. The van der Waals surface area contributed by atoms with E-state index in [0.29, 0.717) is 12.1 Å². The summed E-state index contributed by atoms with van der Waals surface area (Å²) in [6, 6.07) is 5.42. The van der Waals surface area contributed by atoms with Gasteiger partial charge in [-0.1, -0.05) is 0 Å². The third-order valence-electron chi connectivity index (χ3n) is 2.72. The van der Waals surface area contributed by atoms with Crippen molar-refractivity contribution >= 4 is 44.8 Å². The summed E-state index contributed by atoms with van der Waals surface area (Å²) in [6.07, 6.45) is 4.64. The maximum Gasteiger partial charge on any atom is 0.337 e. The quantitative estimate of drug-likeness (QED) is 0.816. The van der Waals surface area contributed by atoms with Crippen LogP contribution in [-0.4, -0.2) is 22.0 Å². The van der Waals surface area contributed by atoms with Crippen LogP contribution in [0.3, 0.4) is 0 Å². The lowest BCUT2D eigenvalue weighted by Crippen LogP contribution is -2.12. The minimum Gasteiger partial charge on any atom is -0.478 e. The van der Waals surface area contributed by atoms with Crippen molar-refractivity contribution in [3.63, 3.8) is 0 Å². The van der Waals surface area contributed by atoms with Gasteiger partial charge in [0.2, 0.25) is 5.91 Å². The zero-order valence-electron chi connectivity index (χ0n) is 11.0. The van der Waals surface area contributed by atoms with Crippen molar-refractivity contribution in [1.82, 2.24) is 4.98 Å². The van der Waals surface area contributed by atoms with E-state index in [1.165, 1.54) is 23.3 Å². The normalized spacial score (nSPS) is 10.3. The third kappa shape index (κ3) is 4.95. The second-order valence-electron chi connectivity index (χ2n) is 4.37. The van der Waals surface area contributed by atoms with Crippen molar-refractivity contribution in [3.05, 3.63) is 44.8 Å². The molecule has 110 valence electrons. The topological polar surface area (TPSA) is 79.3 Å². The fourth-order valence-electron chi connectivity index (χ4n) is 1.76. The zero-order valence-corrected chi connectivity index (χ0v) is 13.4. The van der Waals surface area contributed by atoms with Gasteiger partial charge in [0.05, 0.1) is 21.2 Å². The van der Waals surface area contributed by atoms with Crippen LogP contribution in [0.2, 0.25) is 0 Å². The molecule has 2 aromatic heterocycles. The van der Waals surface area contributed by atoms with Crippen molar-refractivity contribution in [2.45, 2.75) is 19.3 Å². The van der Waals surface area contributed by atoms with Crippen LogP contribution in [0, 0.1) is 0 Å². The number of thiophene rings is 1. The first kappa shape index (κ1) is 15.7. The molecule has 2 N–H and O–H groups in total. The van der Waals surface area contributed by atoms with Crippen LogP contribution in [0.1, 0.15) is 28.1 Å². The Kier molecular flexibility index (Phi) is 5.46. The molecule has 0 radical (unpaired) electrons. The molecule has 2 aromatic rings. The number of rotatable bonds is 6. The van der Waals surface area contributed by atoms with Gasteiger partial charge in [-0.05, 0) is 47.0 Å². The largest absolute Gasteiger partial charge is 0.478 e. The number of halogens is 1. The van der Waals surface area contributed by atoms with Gasteiger partial charge >= 0.3 is 5.97 Å². The number of carbonyl (C=O) groups is 2. The Balaban J connectivity index is 1.81. The summed E-state index contributed by atoms with van der Waals surface area (Å²) >= 11 is 5.06. The summed E-state index contributed by atoms with van der Waals surface area (Å²) in [6.45, 7) is 0. The number of pyridine rings is 1. The summed E-state index contributed by atoms with van der Waals surface area (Å²) in [7, 11) is 0. The molecule has 0 unspecified atom stereocenters. The second-order valence-corrected chi connectivity index (χ2v) is 6.92. The Labute approximate surface area is 134 Å². The summed E-state index contributed by atoms with van der Waals surface area (Å²) in [5, 5.41) is 11.5. The van der Waals surface area contributed by atoms with Crippen LogP contribution in [0.5, 0.6) is 0 Å². The maximum atomic E-state index is 11.8. The highest BCUT2D eigenvalue weighted by Gasteiger charge is 2.07. The predicted molar refractivity (Wildman–Crippen MR) is 84.8 cm³/mol. The molecule has 2 heterocycles. The molecule has 0 aliphatic carbocycles. The number of carboxylic acid groups (broad SMARTS) is 1. The number of aryl methyl sites for hydroxylation is 1. The van der Waals surface area contributed by atoms with E-state index in [0.717, 1.165) is 16.6 Å². The van der Waals surface area contributed by atoms with Gasteiger partial charge in [-0.15, -0.1) is 11.3 Å². The minimum absolute atomic E-state index is 0.0521. The highest BCUT2D eigenvalue weighted by molar-refractivity contribution is 9.11. The molecule has 0 saturated carbocycles. The molecular weight excluding hydrogens is 356 g/mol. The predicted octanol–water partition coefficient (Wildman–Crippen LogP) is 3.57. The van der Waals surface area contributed by atoms with Crippen molar-refractivity contribution < 1.29 is 14.7 Å². The number of aromatic carboxylic acids is 1. The van der Waals surface area contributed by atoms with Crippen molar-refractivity contribution in [2.75, 3.05) is 5.32 Å². The fraction of sp³-hybridized carbons (Fsp3) is 0.214. The van der Waals surface area contributed by atoms with E-state index < -0.39 is 5.97 Å². The first-order valence-electron chi connectivity index (χ1n) is 6.27. The van der Waals surface area contributed by atoms with Gasteiger partial charge in [-0.3, -0.25) is 9.78 Å². The molecular formula is C14H13BrN2O3S. The summed E-state index contributed by atoms with van der Waals surface area (Å²) in [4.78, 5) is 27.6. The molecule has 0 bridgehead atoms. The highest BCUT2D eigenvalue weighted by Crippen LogP contribution is 2.23. The number of hydrogen-bond acceptors (Lipinski definition) is 4. The standard InChI is InChI=1S/C14H13BrN2O3S/c15-12-5-4-11(21-12)2-1-3-13(18)17-10-6-9(14(19)20)7-16-8-10/h4-8H,1-3H2,(H,17,18)(H,19,20). The van der Waals surface area contributed by atoms with Crippen LogP contribution in [0.15, 0.2) is 34.4 Å². The van der Waals surface area contributed by atoms with E-state index in [1.54, 1.807) is 11.3 Å². The number of nitrogens with zero attached hydrogens (tertiary/aromatic N) is 1. The van der Waals surface area contributed by atoms with Gasteiger partial charge in [-0.25, -0.2) is 4.79 Å². The van der Waals surface area contributed by atoms with Gasteiger partial charge < -0.3 is 10.4 Å². The minimum atomic E-state index is -1.07. The third-order valence-corrected chi connectivity index (χ3v) is 4.41. The van der Waals surface area contributed by atoms with Crippen molar-refractivity contribution in [1.29, 1.82) is 0 Å². The number of nitrogens with one attached hydrogen (secondary N) is 1. The lowest BCUT2D eigenvalue weighted by Gasteiger charge is -2.05. The lowest BCUT2D eigenvalue weighted by atomic mass is 10.2. The Bertz CT molecular complexity index is 657. The molecule has 2 rings (SSSR count). The lowest BCUT2D eigenvalue weighted by molar-refractivity contribution is -0.116. The zero-order chi connectivity index (χ0) is 15.2. The fourth-order valence-corrected chi connectivity index (χ4v) is 3.28. The van der Waals surface area contributed by atoms with Crippen molar-refractivity contribution in [3.8, 4) is 0 Å². The molecule has 0 spiro atoms. The molecule has 5 nitrogen and oxygen atoms in total. The van der Waals surface area contributed by atoms with Gasteiger partial charge in [0.1, 0.15) is 0 Å². The smallest absolute Gasteiger partial charge is 0.337 e. The number of carboxylic acids is 1. The average molecular weight is 369 g/mol. The van der Waals surface area contributed by atoms with E-state index in [9.17, 15) is 9.59 Å². The summed E-state index contributed by atoms with van der Waals surface area (Å²) in [5.41, 5.74) is 0.454. The second kappa shape index (κ2) is 7.33. The van der Waals surface area contributed by atoms with Gasteiger partial charge in [-0.2, -0.15) is 0 Å². The monoisotopic (exact) mass is 368 g/mol. The van der Waals surface area contributed by atoms with Crippen LogP contribution in [0.25, 0.3) is 0 Å². The molecule has 0 fully saturated rings. The van der Waals surface area contributed by atoms with E-state index in [1.807, 2.05) is 12.1 Å². The molecule has 0 atom stereocenters. The molecule has 0 aliphatic heterocycles. The molecule has 7 heteroatoms. The number of anilines is 1. The number of amides is 1. The van der Waals surface area contributed by atoms with Crippen LogP contribution < -0.4 is 5.32 Å². The van der Waals surface area contributed by atoms with Crippen LogP contribution in [0.4, 0.5) is 5.69 Å². The molecule has 0 saturated heterocycles. The van der Waals surface area contributed by atoms with Gasteiger partial charge in [0.25, 0.3) is 0 Å². The summed E-state index contributed by atoms with van der Waals surface area (Å²) in [5.74, 6) is -1.21. The summed E-state index contributed by atoms with van der Waals surface area (Å²) < 4.78 is 1.08. The molecule has 21 heavy (non-hydrogen) atoms. The van der Waals surface area contributed by atoms with Gasteiger partial charge in [0, 0.05) is 17.5 Å². The molecule has 1 amide bonds. The Morgan fingerprint density at radius 1 is 1.33 bits per heavy atom. The first-order chi connectivity index (χ1) is 10.0. The van der Waals surface area contributed by atoms with E-state index >= 15 is 0 Å². The maximum absolute atomic E-state index is 11.8. The van der Waals surface area contributed by atoms with E-state index in [2.05, 4.69) is 26.2 Å². The number of aromatic nitrogens is 1. The van der Waals surface area contributed by atoms with E-state index in [4.69, 9.17) is 5.11 Å². The van der Waals surface area contributed by atoms with Gasteiger partial charge in [0.15, 0.2) is 0 Å².